The van der Waals surface area contributed by atoms with E-state index in [9.17, 15) is 0 Å². The van der Waals surface area contributed by atoms with Crippen LogP contribution in [0.4, 0.5) is 0 Å². The third kappa shape index (κ3) is 5.10. The maximum absolute atomic E-state index is 5.92. The summed E-state index contributed by atoms with van der Waals surface area (Å²) >= 11 is 0. The number of nitrogens with one attached hydrogen (secondary N) is 1. The smallest absolute Gasteiger partial charge is 0.142 e. The molecule has 4 nitrogen and oxygen atoms in total. The summed E-state index contributed by atoms with van der Waals surface area (Å²) in [5.41, 5.74) is 1.28. The van der Waals surface area contributed by atoms with E-state index in [2.05, 4.69) is 36.0 Å². The first-order chi connectivity index (χ1) is 9.54. The van der Waals surface area contributed by atoms with Crippen LogP contribution < -0.4 is 10.1 Å². The summed E-state index contributed by atoms with van der Waals surface area (Å²) < 4.78 is 5.92. The van der Waals surface area contributed by atoms with Crippen molar-refractivity contribution in [1.29, 1.82) is 0 Å². The molecule has 1 aromatic heterocycles. The normalized spacial score (nSPS) is 16.6. The van der Waals surface area contributed by atoms with Crippen LogP contribution in [0.1, 0.15) is 39.2 Å². The Labute approximate surface area is 122 Å². The van der Waals surface area contributed by atoms with Crippen molar-refractivity contribution in [3.8, 4) is 5.75 Å². The average Bonchev–Trinajstić information content (AvgIpc) is 2.90. The molecule has 0 aromatic carbocycles. The minimum atomic E-state index is 0.107. The molecule has 0 spiro atoms. The number of pyridine rings is 1. The predicted molar refractivity (Wildman–Crippen MR) is 82.0 cm³/mol. The van der Waals surface area contributed by atoms with E-state index in [1.165, 1.54) is 31.5 Å². The van der Waals surface area contributed by atoms with Gasteiger partial charge in [-0.25, -0.2) is 0 Å². The molecule has 1 aromatic rings. The largest absolute Gasteiger partial charge is 0.490 e. The van der Waals surface area contributed by atoms with Crippen molar-refractivity contribution in [2.45, 2.75) is 45.7 Å². The highest BCUT2D eigenvalue weighted by atomic mass is 16.5. The zero-order valence-corrected chi connectivity index (χ0v) is 13.0. The second kappa shape index (κ2) is 7.04. The zero-order chi connectivity index (χ0) is 14.4. The van der Waals surface area contributed by atoms with E-state index in [0.717, 1.165) is 25.4 Å². The van der Waals surface area contributed by atoms with E-state index < -0.39 is 0 Å². The predicted octanol–water partition coefficient (Wildman–Crippen LogP) is 2.44. The molecule has 2 heterocycles. The van der Waals surface area contributed by atoms with Crippen LogP contribution in [0.2, 0.25) is 0 Å². The summed E-state index contributed by atoms with van der Waals surface area (Å²) in [6.45, 7) is 11.5. The quantitative estimate of drug-likeness (QED) is 0.866. The summed E-state index contributed by atoms with van der Waals surface area (Å²) in [6, 6.07) is 2.03. The Hall–Kier alpha value is -1.13. The van der Waals surface area contributed by atoms with Crippen molar-refractivity contribution in [2.75, 3.05) is 26.2 Å². The number of nitrogens with zero attached hydrogens (tertiary/aromatic N) is 2. The van der Waals surface area contributed by atoms with Gasteiger partial charge >= 0.3 is 0 Å². The monoisotopic (exact) mass is 277 g/mol. The molecule has 1 N–H and O–H groups in total. The SMILES string of the molecule is CC(C)(C)NCc1ccncc1OCCN1CCCC1. The molecule has 0 radical (unpaired) electrons. The highest BCUT2D eigenvalue weighted by molar-refractivity contribution is 5.29. The Morgan fingerprint density at radius 1 is 1.30 bits per heavy atom. The first-order valence-corrected chi connectivity index (χ1v) is 7.58. The average molecular weight is 277 g/mol. The van der Waals surface area contributed by atoms with Crippen molar-refractivity contribution in [3.63, 3.8) is 0 Å². The van der Waals surface area contributed by atoms with Crippen molar-refractivity contribution in [3.05, 3.63) is 24.0 Å². The Kier molecular flexibility index (Phi) is 5.38. The van der Waals surface area contributed by atoms with Crippen LogP contribution in [0.3, 0.4) is 0 Å². The molecule has 20 heavy (non-hydrogen) atoms. The Balaban J connectivity index is 1.83. The van der Waals surface area contributed by atoms with Crippen LogP contribution in [0, 0.1) is 0 Å². The Bertz CT molecular complexity index is 408. The van der Waals surface area contributed by atoms with Gasteiger partial charge in [0.05, 0.1) is 6.20 Å². The van der Waals surface area contributed by atoms with Crippen molar-refractivity contribution in [1.82, 2.24) is 15.2 Å². The molecule has 1 saturated heterocycles. The molecular formula is C16H27N3O. The van der Waals surface area contributed by atoms with Crippen LogP contribution >= 0.6 is 0 Å². The lowest BCUT2D eigenvalue weighted by Crippen LogP contribution is -2.35. The van der Waals surface area contributed by atoms with Crippen LogP contribution in [-0.2, 0) is 6.54 Å². The zero-order valence-electron chi connectivity index (χ0n) is 13.0. The van der Waals surface area contributed by atoms with Crippen LogP contribution in [-0.4, -0.2) is 41.7 Å². The van der Waals surface area contributed by atoms with Gasteiger partial charge in [-0.05, 0) is 52.8 Å². The van der Waals surface area contributed by atoms with Crippen LogP contribution in [0.15, 0.2) is 18.5 Å². The molecule has 0 aliphatic carbocycles. The highest BCUT2D eigenvalue weighted by Gasteiger charge is 2.13. The van der Waals surface area contributed by atoms with E-state index in [-0.39, 0.29) is 5.54 Å². The van der Waals surface area contributed by atoms with Gasteiger partial charge in [0, 0.05) is 30.4 Å². The molecule has 0 atom stereocenters. The van der Waals surface area contributed by atoms with Gasteiger partial charge in [0.2, 0.25) is 0 Å². The molecule has 1 aliphatic heterocycles. The Morgan fingerprint density at radius 2 is 2.05 bits per heavy atom. The Morgan fingerprint density at radius 3 is 2.75 bits per heavy atom. The number of rotatable bonds is 6. The number of hydrogen-bond acceptors (Lipinski definition) is 4. The fourth-order valence-corrected chi connectivity index (χ4v) is 2.34. The third-order valence-corrected chi connectivity index (χ3v) is 3.54. The molecule has 4 heteroatoms. The van der Waals surface area contributed by atoms with Crippen LogP contribution in [0.5, 0.6) is 5.75 Å². The fraction of sp³-hybridized carbons (Fsp3) is 0.688. The van der Waals surface area contributed by atoms with Gasteiger partial charge in [0.15, 0.2) is 0 Å². The standard InChI is InChI=1S/C16H27N3O/c1-16(2,3)18-12-14-6-7-17-13-15(14)20-11-10-19-8-4-5-9-19/h6-7,13,18H,4-5,8-12H2,1-3H3. The maximum Gasteiger partial charge on any atom is 0.142 e. The molecule has 1 aliphatic rings. The molecule has 0 saturated carbocycles. The highest BCUT2D eigenvalue weighted by Crippen LogP contribution is 2.17. The number of hydrogen-bond donors (Lipinski definition) is 1. The minimum absolute atomic E-state index is 0.107. The lowest BCUT2D eigenvalue weighted by molar-refractivity contribution is 0.235. The summed E-state index contributed by atoms with van der Waals surface area (Å²) in [5, 5.41) is 3.49. The van der Waals surface area contributed by atoms with Gasteiger partial charge < -0.3 is 10.1 Å². The maximum atomic E-state index is 5.92. The van der Waals surface area contributed by atoms with Crippen molar-refractivity contribution < 1.29 is 4.74 Å². The molecule has 0 bridgehead atoms. The van der Waals surface area contributed by atoms with Gasteiger partial charge in [-0.2, -0.15) is 0 Å². The number of ether oxygens (including phenoxy) is 1. The summed E-state index contributed by atoms with van der Waals surface area (Å²) in [6.07, 6.45) is 6.30. The van der Waals surface area contributed by atoms with Crippen molar-refractivity contribution in [2.24, 2.45) is 0 Å². The topological polar surface area (TPSA) is 37.4 Å². The first kappa shape index (κ1) is 15.3. The molecular weight excluding hydrogens is 250 g/mol. The van der Waals surface area contributed by atoms with E-state index in [1.54, 1.807) is 0 Å². The second-order valence-electron chi connectivity index (χ2n) is 6.48. The summed E-state index contributed by atoms with van der Waals surface area (Å²) in [5.74, 6) is 0.906. The minimum Gasteiger partial charge on any atom is -0.490 e. The molecule has 0 amide bonds. The van der Waals surface area contributed by atoms with Gasteiger partial charge in [-0.1, -0.05) is 0 Å². The number of aromatic nitrogens is 1. The van der Waals surface area contributed by atoms with Gasteiger partial charge in [-0.15, -0.1) is 0 Å². The lowest BCUT2D eigenvalue weighted by Gasteiger charge is -2.22. The van der Waals surface area contributed by atoms with Gasteiger partial charge in [0.1, 0.15) is 12.4 Å². The lowest BCUT2D eigenvalue weighted by atomic mass is 10.1. The van der Waals surface area contributed by atoms with Gasteiger partial charge in [-0.3, -0.25) is 9.88 Å². The van der Waals surface area contributed by atoms with E-state index >= 15 is 0 Å². The van der Waals surface area contributed by atoms with Gasteiger partial charge in [0.25, 0.3) is 0 Å². The molecule has 2 rings (SSSR count). The summed E-state index contributed by atoms with van der Waals surface area (Å²) in [4.78, 5) is 6.64. The van der Waals surface area contributed by atoms with E-state index in [0.29, 0.717) is 0 Å². The first-order valence-electron chi connectivity index (χ1n) is 7.58. The third-order valence-electron chi connectivity index (χ3n) is 3.54. The molecule has 0 unspecified atom stereocenters. The second-order valence-corrected chi connectivity index (χ2v) is 6.48. The fourth-order valence-electron chi connectivity index (χ4n) is 2.34. The molecule has 112 valence electrons. The van der Waals surface area contributed by atoms with Crippen molar-refractivity contribution >= 4 is 0 Å². The summed E-state index contributed by atoms with van der Waals surface area (Å²) in [7, 11) is 0. The molecule has 1 fully saturated rings. The van der Waals surface area contributed by atoms with E-state index in [4.69, 9.17) is 4.74 Å². The number of likely N-dealkylation sites (tertiary alicyclic amines) is 1. The van der Waals surface area contributed by atoms with Crippen LogP contribution in [0.25, 0.3) is 0 Å². The van der Waals surface area contributed by atoms with E-state index in [1.807, 2.05) is 18.5 Å².